The van der Waals surface area contributed by atoms with Crippen LogP contribution in [0.3, 0.4) is 0 Å². The van der Waals surface area contributed by atoms with Crippen LogP contribution >= 0.6 is 22.9 Å². The van der Waals surface area contributed by atoms with Crippen molar-refractivity contribution in [3.8, 4) is 0 Å². The fourth-order valence-electron chi connectivity index (χ4n) is 4.71. The number of aromatic amines is 1. The first-order chi connectivity index (χ1) is 12.1. The molecule has 0 fully saturated rings. The van der Waals surface area contributed by atoms with Crippen LogP contribution in [-0.2, 0) is 12.8 Å². The number of H-pyrrole nitrogens is 1. The van der Waals surface area contributed by atoms with Crippen LogP contribution in [0.1, 0.15) is 34.6 Å². The van der Waals surface area contributed by atoms with E-state index in [-0.39, 0.29) is 4.87 Å². The van der Waals surface area contributed by atoms with Crippen LogP contribution in [0.5, 0.6) is 0 Å². The van der Waals surface area contributed by atoms with Crippen molar-refractivity contribution in [1.29, 1.82) is 0 Å². The molecule has 1 aromatic heterocycles. The average molecular weight is 371 g/mol. The summed E-state index contributed by atoms with van der Waals surface area (Å²) in [6.45, 7) is 1.03. The van der Waals surface area contributed by atoms with Gasteiger partial charge in [0.15, 0.2) is 0 Å². The number of aromatic nitrogens is 1. The molecule has 0 saturated heterocycles. The fourth-order valence-corrected chi connectivity index (χ4v) is 6.01. The van der Waals surface area contributed by atoms with E-state index in [1.807, 2.05) is 0 Å². The van der Waals surface area contributed by atoms with Crippen molar-refractivity contribution < 1.29 is 0 Å². The van der Waals surface area contributed by atoms with Gasteiger partial charge in [0.2, 0.25) is 0 Å². The Morgan fingerprint density at radius 3 is 2.96 bits per heavy atom. The van der Waals surface area contributed by atoms with Gasteiger partial charge in [-0.3, -0.25) is 4.79 Å². The lowest BCUT2D eigenvalue weighted by atomic mass is 9.74. The average Bonchev–Trinajstić information content (AvgIpc) is 2.94. The fraction of sp³-hybridized carbons (Fsp3) is 0.350. The number of fused-ring (bicyclic) bond motifs is 7. The van der Waals surface area contributed by atoms with Crippen LogP contribution in [0.4, 0.5) is 0 Å². The molecule has 25 heavy (non-hydrogen) atoms. The van der Waals surface area contributed by atoms with E-state index in [0.717, 1.165) is 36.0 Å². The predicted molar refractivity (Wildman–Crippen MR) is 104 cm³/mol. The first-order valence-corrected chi connectivity index (χ1v) is 9.95. The highest BCUT2D eigenvalue weighted by Gasteiger charge is 2.38. The molecule has 1 N–H and O–H groups in total. The molecule has 0 radical (unpaired) electrons. The number of halogens is 1. The van der Waals surface area contributed by atoms with E-state index in [2.05, 4.69) is 47.3 Å². The minimum atomic E-state index is -0.0245. The molecular formula is C20H19ClN2OS. The lowest BCUT2D eigenvalue weighted by Gasteiger charge is -2.38. The van der Waals surface area contributed by atoms with Gasteiger partial charge in [-0.15, -0.1) is 0 Å². The van der Waals surface area contributed by atoms with Crippen molar-refractivity contribution in [2.45, 2.75) is 31.2 Å². The number of benzene rings is 2. The SMILES string of the molecule is CN1CCc2cc(Cl)c3[nH]c(=O)sc3c2[C@H]2c3ccccc3CC[C@@H]21. The molecule has 3 aromatic rings. The Morgan fingerprint density at radius 2 is 2.08 bits per heavy atom. The molecule has 2 heterocycles. The van der Waals surface area contributed by atoms with Gasteiger partial charge in [0.05, 0.1) is 15.2 Å². The number of nitrogens with zero attached hydrogens (tertiary/aromatic N) is 1. The number of likely N-dealkylation sites (N-methyl/N-ethyl adjacent to an activating group) is 1. The molecule has 0 amide bonds. The molecular weight excluding hydrogens is 352 g/mol. The number of rotatable bonds is 0. The van der Waals surface area contributed by atoms with Gasteiger partial charge in [0, 0.05) is 18.5 Å². The van der Waals surface area contributed by atoms with Crippen molar-refractivity contribution in [2.24, 2.45) is 0 Å². The first kappa shape index (κ1) is 15.6. The molecule has 128 valence electrons. The van der Waals surface area contributed by atoms with Crippen molar-refractivity contribution in [2.75, 3.05) is 13.6 Å². The summed E-state index contributed by atoms with van der Waals surface area (Å²) in [4.78, 5) is 17.5. The highest BCUT2D eigenvalue weighted by atomic mass is 35.5. The Morgan fingerprint density at radius 1 is 1.24 bits per heavy atom. The normalized spacial score (nSPS) is 23.0. The first-order valence-electron chi connectivity index (χ1n) is 8.75. The maximum Gasteiger partial charge on any atom is 0.305 e. The number of nitrogens with one attached hydrogen (secondary N) is 1. The zero-order valence-corrected chi connectivity index (χ0v) is 15.6. The summed E-state index contributed by atoms with van der Waals surface area (Å²) >= 11 is 7.80. The lowest BCUT2D eigenvalue weighted by Crippen LogP contribution is -2.39. The van der Waals surface area contributed by atoms with Crippen LogP contribution < -0.4 is 4.87 Å². The molecule has 0 spiro atoms. The molecule has 1 aliphatic heterocycles. The highest BCUT2D eigenvalue weighted by molar-refractivity contribution is 7.16. The Kier molecular flexibility index (Phi) is 3.56. The second-order valence-corrected chi connectivity index (χ2v) is 8.55. The van der Waals surface area contributed by atoms with Crippen LogP contribution in [0.15, 0.2) is 35.1 Å². The molecule has 1 aliphatic carbocycles. The highest BCUT2D eigenvalue weighted by Crippen LogP contribution is 2.46. The van der Waals surface area contributed by atoms with Crippen LogP contribution in [0.2, 0.25) is 5.02 Å². The smallest absolute Gasteiger partial charge is 0.305 e. The van der Waals surface area contributed by atoms with E-state index in [1.165, 1.54) is 33.6 Å². The summed E-state index contributed by atoms with van der Waals surface area (Å²) in [6, 6.07) is 11.3. The van der Waals surface area contributed by atoms with Gasteiger partial charge in [0.1, 0.15) is 0 Å². The minimum absolute atomic E-state index is 0.0245. The number of aryl methyl sites for hydroxylation is 1. The second kappa shape index (κ2) is 5.70. The minimum Gasteiger partial charge on any atom is -0.311 e. The molecule has 3 nitrogen and oxygen atoms in total. The van der Waals surface area contributed by atoms with E-state index in [0.29, 0.717) is 17.0 Å². The Balaban J connectivity index is 1.87. The van der Waals surface area contributed by atoms with E-state index < -0.39 is 0 Å². The van der Waals surface area contributed by atoms with Gasteiger partial charge in [-0.05, 0) is 54.6 Å². The Bertz CT molecular complexity index is 1040. The molecule has 0 saturated carbocycles. The number of thiazole rings is 1. The zero-order chi connectivity index (χ0) is 17.1. The quantitative estimate of drug-likeness (QED) is 0.644. The predicted octanol–water partition coefficient (Wildman–Crippen LogP) is 4.18. The van der Waals surface area contributed by atoms with Crippen LogP contribution in [0.25, 0.3) is 10.2 Å². The monoisotopic (exact) mass is 370 g/mol. The summed E-state index contributed by atoms with van der Waals surface area (Å²) in [5.74, 6) is 0.304. The van der Waals surface area contributed by atoms with Gasteiger partial charge in [-0.1, -0.05) is 47.2 Å². The molecule has 5 rings (SSSR count). The van der Waals surface area contributed by atoms with E-state index in [4.69, 9.17) is 11.6 Å². The van der Waals surface area contributed by atoms with Gasteiger partial charge in [-0.25, -0.2) is 0 Å². The summed E-state index contributed by atoms with van der Waals surface area (Å²) < 4.78 is 1.05. The van der Waals surface area contributed by atoms with Crippen molar-refractivity contribution in [1.82, 2.24) is 9.88 Å². The van der Waals surface area contributed by atoms with Gasteiger partial charge >= 0.3 is 4.87 Å². The largest absolute Gasteiger partial charge is 0.311 e. The molecule has 2 aliphatic rings. The van der Waals surface area contributed by atoms with Gasteiger partial charge in [-0.2, -0.15) is 0 Å². The summed E-state index contributed by atoms with van der Waals surface area (Å²) in [7, 11) is 2.23. The molecule has 2 atom stereocenters. The third-order valence-corrected chi connectivity index (χ3v) is 7.09. The Hall–Kier alpha value is -1.62. The zero-order valence-electron chi connectivity index (χ0n) is 14.0. The summed E-state index contributed by atoms with van der Waals surface area (Å²) in [5, 5.41) is 0.664. The van der Waals surface area contributed by atoms with Crippen LogP contribution in [0, 0.1) is 0 Å². The van der Waals surface area contributed by atoms with Gasteiger partial charge in [0.25, 0.3) is 0 Å². The van der Waals surface area contributed by atoms with Crippen LogP contribution in [-0.4, -0.2) is 29.5 Å². The molecule has 0 bridgehead atoms. The molecule has 0 unspecified atom stereocenters. The van der Waals surface area contributed by atoms with Crippen molar-refractivity contribution in [3.05, 3.63) is 67.3 Å². The molecule has 2 aromatic carbocycles. The van der Waals surface area contributed by atoms with E-state index in [1.54, 1.807) is 0 Å². The summed E-state index contributed by atoms with van der Waals surface area (Å²) in [6.07, 6.45) is 3.25. The summed E-state index contributed by atoms with van der Waals surface area (Å²) in [5.41, 5.74) is 6.28. The Labute approximate surface area is 155 Å². The van der Waals surface area contributed by atoms with Crippen molar-refractivity contribution in [3.63, 3.8) is 0 Å². The maximum atomic E-state index is 12.1. The number of hydrogen-bond acceptors (Lipinski definition) is 3. The second-order valence-electron chi connectivity index (χ2n) is 7.16. The van der Waals surface area contributed by atoms with Crippen molar-refractivity contribution >= 4 is 33.2 Å². The lowest BCUT2D eigenvalue weighted by molar-refractivity contribution is 0.214. The topological polar surface area (TPSA) is 36.1 Å². The third-order valence-electron chi connectivity index (χ3n) is 5.87. The van der Waals surface area contributed by atoms with E-state index in [9.17, 15) is 4.79 Å². The maximum absolute atomic E-state index is 12.1. The standard InChI is InChI=1S/C20H19ClN2OS/c1-23-9-8-12-10-14(21)18-19(25-20(24)22-18)16(12)17-13-5-3-2-4-11(13)6-7-15(17)23/h2-5,10,15,17H,6-9H2,1H3,(H,22,24)/t15-,17-/m0/s1. The van der Waals surface area contributed by atoms with E-state index >= 15 is 0 Å². The molecule has 5 heteroatoms. The third kappa shape index (κ3) is 2.31. The number of hydrogen-bond donors (Lipinski definition) is 1. The van der Waals surface area contributed by atoms with Gasteiger partial charge < -0.3 is 9.88 Å².